The molecule has 2 saturated carbocycles. The van der Waals surface area contributed by atoms with Crippen LogP contribution in [0.3, 0.4) is 0 Å². The lowest BCUT2D eigenvalue weighted by atomic mass is 9.84. The molecule has 5 atom stereocenters. The zero-order valence-corrected chi connectivity index (χ0v) is 20.2. The fourth-order valence-electron chi connectivity index (χ4n) is 5.46. The number of hydrogen-bond acceptors (Lipinski definition) is 5. The summed E-state index contributed by atoms with van der Waals surface area (Å²) in [4.78, 5) is 14.3. The Morgan fingerprint density at radius 3 is 2.69 bits per heavy atom. The third-order valence-corrected chi connectivity index (χ3v) is 9.00. The van der Waals surface area contributed by atoms with Crippen molar-refractivity contribution in [2.24, 2.45) is 17.8 Å². The van der Waals surface area contributed by atoms with E-state index in [1.54, 1.807) is 11.3 Å². The molecule has 5 nitrogen and oxygen atoms in total. The Kier molecular flexibility index (Phi) is 6.37. The largest absolute Gasteiger partial charge is 0.352 e. The number of carbonyl (C=O) groups is 1. The summed E-state index contributed by atoms with van der Waals surface area (Å²) in [5.41, 5.74) is 1.02. The number of fused-ring (bicyclic) bond motifs is 2. The first-order valence-corrected chi connectivity index (χ1v) is 13.3. The van der Waals surface area contributed by atoms with Crippen molar-refractivity contribution >= 4 is 29.0 Å². The monoisotopic (exact) mass is 466 g/mol. The SMILES string of the molecule is CC(Sc1nnc(Cc2cccs2)n1-c1ccccc1)C(=O)NC(C)C1CC2CCC1C2. The molecule has 0 spiro atoms. The fraction of sp³-hybridized carbons (Fsp3) is 0.480. The average molecular weight is 467 g/mol. The average Bonchev–Trinajstić information content (AvgIpc) is 3.60. The fourth-order valence-corrected chi connectivity index (χ4v) is 7.06. The van der Waals surface area contributed by atoms with E-state index in [9.17, 15) is 4.79 Å². The Hall–Kier alpha value is -2.12. The van der Waals surface area contributed by atoms with E-state index in [4.69, 9.17) is 0 Å². The molecule has 1 amide bonds. The quantitative estimate of drug-likeness (QED) is 0.455. The maximum atomic E-state index is 13.0. The van der Waals surface area contributed by atoms with Gasteiger partial charge in [0.05, 0.1) is 5.25 Å². The van der Waals surface area contributed by atoms with Gasteiger partial charge in [-0.25, -0.2) is 0 Å². The highest BCUT2D eigenvalue weighted by Gasteiger charge is 2.42. The molecule has 2 aromatic heterocycles. The van der Waals surface area contributed by atoms with Crippen molar-refractivity contribution in [2.75, 3.05) is 0 Å². The molecule has 0 radical (unpaired) electrons. The predicted octanol–water partition coefficient (Wildman–Crippen LogP) is 5.34. The maximum absolute atomic E-state index is 13.0. The Morgan fingerprint density at radius 2 is 2.00 bits per heavy atom. The minimum Gasteiger partial charge on any atom is -0.352 e. The number of carbonyl (C=O) groups excluding carboxylic acids is 1. The molecule has 5 unspecified atom stereocenters. The summed E-state index contributed by atoms with van der Waals surface area (Å²) in [7, 11) is 0. The molecule has 2 bridgehead atoms. The van der Waals surface area contributed by atoms with Gasteiger partial charge in [0, 0.05) is 23.0 Å². The highest BCUT2D eigenvalue weighted by Crippen LogP contribution is 2.49. The summed E-state index contributed by atoms with van der Waals surface area (Å²) in [5, 5.41) is 14.9. The normalized spacial score (nSPS) is 23.9. The van der Waals surface area contributed by atoms with Crippen LogP contribution in [0.25, 0.3) is 5.69 Å². The van der Waals surface area contributed by atoms with Gasteiger partial charge in [0.25, 0.3) is 0 Å². The molecule has 2 aliphatic carbocycles. The lowest BCUT2D eigenvalue weighted by Crippen LogP contribution is -2.43. The van der Waals surface area contributed by atoms with Crippen LogP contribution in [-0.2, 0) is 11.2 Å². The Labute approximate surface area is 198 Å². The predicted molar refractivity (Wildman–Crippen MR) is 130 cm³/mol. The van der Waals surface area contributed by atoms with Crippen molar-refractivity contribution in [3.8, 4) is 5.69 Å². The van der Waals surface area contributed by atoms with Crippen LogP contribution in [-0.4, -0.2) is 32.0 Å². The Bertz CT molecular complexity index is 1050. The molecule has 0 aliphatic heterocycles. The zero-order chi connectivity index (χ0) is 22.1. The summed E-state index contributed by atoms with van der Waals surface area (Å²) >= 11 is 3.21. The molecule has 2 heterocycles. The van der Waals surface area contributed by atoms with E-state index in [0.717, 1.165) is 34.9 Å². The topological polar surface area (TPSA) is 59.8 Å². The highest BCUT2D eigenvalue weighted by atomic mass is 32.2. The van der Waals surface area contributed by atoms with Crippen molar-refractivity contribution in [2.45, 2.75) is 62.4 Å². The molecule has 7 heteroatoms. The molecule has 3 aromatic rings. The van der Waals surface area contributed by atoms with Gasteiger partial charge in [-0.3, -0.25) is 9.36 Å². The number of thiophene rings is 1. The maximum Gasteiger partial charge on any atom is 0.233 e. The van der Waals surface area contributed by atoms with Gasteiger partial charge < -0.3 is 5.32 Å². The molecule has 168 valence electrons. The van der Waals surface area contributed by atoms with E-state index in [1.165, 1.54) is 42.3 Å². The molecule has 1 aromatic carbocycles. The van der Waals surface area contributed by atoms with E-state index in [2.05, 4.69) is 56.7 Å². The number of rotatable bonds is 8. The van der Waals surface area contributed by atoms with Crippen LogP contribution in [0.2, 0.25) is 0 Å². The molecular weight excluding hydrogens is 436 g/mol. The Balaban J connectivity index is 1.30. The van der Waals surface area contributed by atoms with Crippen LogP contribution < -0.4 is 5.32 Å². The molecular formula is C25H30N4OS2. The van der Waals surface area contributed by atoms with Crippen LogP contribution in [0.4, 0.5) is 0 Å². The molecule has 5 rings (SSSR count). The third kappa shape index (κ3) is 4.50. The van der Waals surface area contributed by atoms with E-state index < -0.39 is 0 Å². The zero-order valence-electron chi connectivity index (χ0n) is 18.6. The van der Waals surface area contributed by atoms with Gasteiger partial charge in [0.1, 0.15) is 5.82 Å². The van der Waals surface area contributed by atoms with Crippen LogP contribution >= 0.6 is 23.1 Å². The minimum absolute atomic E-state index is 0.0905. The van der Waals surface area contributed by atoms with Gasteiger partial charge in [0.15, 0.2) is 5.16 Å². The van der Waals surface area contributed by atoms with E-state index >= 15 is 0 Å². The molecule has 32 heavy (non-hydrogen) atoms. The smallest absolute Gasteiger partial charge is 0.233 e. The van der Waals surface area contributed by atoms with Crippen molar-refractivity contribution < 1.29 is 4.79 Å². The summed E-state index contributed by atoms with van der Waals surface area (Å²) < 4.78 is 2.09. The number of nitrogens with zero attached hydrogens (tertiary/aromatic N) is 3. The second-order valence-corrected chi connectivity index (χ2v) is 11.6. The molecule has 2 aliphatic rings. The summed E-state index contributed by atoms with van der Waals surface area (Å²) in [6, 6.07) is 14.6. The number of amides is 1. The van der Waals surface area contributed by atoms with Gasteiger partial charge >= 0.3 is 0 Å². The van der Waals surface area contributed by atoms with Gasteiger partial charge in [-0.05, 0) is 74.4 Å². The van der Waals surface area contributed by atoms with E-state index in [1.807, 2.05) is 25.1 Å². The van der Waals surface area contributed by atoms with Gasteiger partial charge in [-0.2, -0.15) is 0 Å². The number of thioether (sulfide) groups is 1. The first kappa shape index (κ1) is 21.7. The number of nitrogens with one attached hydrogen (secondary N) is 1. The van der Waals surface area contributed by atoms with Gasteiger partial charge in [0.2, 0.25) is 5.91 Å². The summed E-state index contributed by atoms with van der Waals surface area (Å²) in [5.74, 6) is 3.32. The van der Waals surface area contributed by atoms with Crippen molar-refractivity contribution in [1.82, 2.24) is 20.1 Å². The first-order chi connectivity index (χ1) is 15.6. The summed E-state index contributed by atoms with van der Waals surface area (Å²) in [6.07, 6.45) is 6.09. The number of hydrogen-bond donors (Lipinski definition) is 1. The highest BCUT2D eigenvalue weighted by molar-refractivity contribution is 8.00. The van der Waals surface area contributed by atoms with Crippen LogP contribution in [0.5, 0.6) is 0 Å². The van der Waals surface area contributed by atoms with Gasteiger partial charge in [-0.15, -0.1) is 21.5 Å². The second-order valence-electron chi connectivity index (χ2n) is 9.22. The summed E-state index contributed by atoms with van der Waals surface area (Å²) in [6.45, 7) is 4.16. The number of aromatic nitrogens is 3. The molecule has 1 N–H and O–H groups in total. The molecule has 0 saturated heterocycles. The number of benzene rings is 1. The minimum atomic E-state index is -0.239. The lowest BCUT2D eigenvalue weighted by molar-refractivity contribution is -0.121. The van der Waals surface area contributed by atoms with Crippen LogP contribution in [0, 0.1) is 17.8 Å². The lowest BCUT2D eigenvalue weighted by Gasteiger charge is -2.29. The van der Waals surface area contributed by atoms with Crippen LogP contribution in [0.15, 0.2) is 53.0 Å². The number of para-hydroxylation sites is 1. The first-order valence-electron chi connectivity index (χ1n) is 11.6. The van der Waals surface area contributed by atoms with Crippen molar-refractivity contribution in [3.05, 3.63) is 58.5 Å². The second kappa shape index (κ2) is 9.40. The Morgan fingerprint density at radius 1 is 1.16 bits per heavy atom. The van der Waals surface area contributed by atoms with Crippen molar-refractivity contribution in [1.29, 1.82) is 0 Å². The third-order valence-electron chi connectivity index (χ3n) is 7.08. The van der Waals surface area contributed by atoms with Gasteiger partial charge in [-0.1, -0.05) is 42.4 Å². The van der Waals surface area contributed by atoms with E-state index in [-0.39, 0.29) is 17.2 Å². The standard InChI is InChI=1S/C25H30N4OS2/c1-16(22-14-18-10-11-19(22)13-18)26-24(30)17(2)32-25-28-27-23(15-21-9-6-12-31-21)29(25)20-7-4-3-5-8-20/h3-9,12,16-19,22H,10-11,13-15H2,1-2H3,(H,26,30). The van der Waals surface area contributed by atoms with Crippen LogP contribution in [0.1, 0.15) is 50.2 Å². The van der Waals surface area contributed by atoms with Crippen molar-refractivity contribution in [3.63, 3.8) is 0 Å². The van der Waals surface area contributed by atoms with E-state index in [0.29, 0.717) is 5.92 Å². The molecule has 2 fully saturated rings.